The number of benzene rings is 2. The highest BCUT2D eigenvalue weighted by atomic mass is 32.2. The van der Waals surface area contributed by atoms with Crippen molar-refractivity contribution in [2.45, 2.75) is 37.5 Å². The summed E-state index contributed by atoms with van der Waals surface area (Å²) in [6.45, 7) is 6.24. The Balaban J connectivity index is 1.04. The van der Waals surface area contributed by atoms with Gasteiger partial charge in [-0.1, -0.05) is 22.7 Å². The van der Waals surface area contributed by atoms with Crippen molar-refractivity contribution in [3.8, 4) is 40.3 Å². The van der Waals surface area contributed by atoms with Crippen LogP contribution in [0.25, 0.3) is 42.6 Å². The number of hydrogen-bond donors (Lipinski definition) is 5. The van der Waals surface area contributed by atoms with Crippen LogP contribution in [0.1, 0.15) is 33.9 Å². The monoisotopic (exact) mass is 979 g/mol. The summed E-state index contributed by atoms with van der Waals surface area (Å²) < 4.78 is 71.3. The molecule has 0 atom stereocenters. The molecule has 0 unspecified atom stereocenters. The predicted octanol–water partition coefficient (Wildman–Crippen LogP) is 5.01. The van der Waals surface area contributed by atoms with Crippen LogP contribution in [0.15, 0.2) is 66.6 Å². The van der Waals surface area contributed by atoms with Crippen molar-refractivity contribution in [2.75, 3.05) is 11.5 Å². The molecular formula is C35H25N21O7S4. The van der Waals surface area contributed by atoms with Crippen LogP contribution in [0.2, 0.25) is 0 Å². The van der Waals surface area contributed by atoms with Gasteiger partial charge in [0, 0.05) is 0 Å². The molecule has 7 heterocycles. The van der Waals surface area contributed by atoms with Crippen molar-refractivity contribution in [3.05, 3.63) is 70.3 Å². The number of anilines is 2. The number of nitrogens with two attached hydrogens (primary N) is 2. The van der Waals surface area contributed by atoms with Gasteiger partial charge in [0.2, 0.25) is 10.3 Å². The molecule has 32 heteroatoms. The Morgan fingerprint density at radius 1 is 0.582 bits per heavy atom. The van der Waals surface area contributed by atoms with Gasteiger partial charge in [-0.05, 0) is 64.1 Å². The molecule has 7 aromatic heterocycles. The normalized spacial score (nSPS) is 12.3. The second-order valence-electron chi connectivity index (χ2n) is 13.9. The van der Waals surface area contributed by atoms with Gasteiger partial charge in [0.15, 0.2) is 34.6 Å². The van der Waals surface area contributed by atoms with Crippen LogP contribution in [-0.2, 0) is 20.2 Å². The molecule has 67 heavy (non-hydrogen) atoms. The predicted molar refractivity (Wildman–Crippen MR) is 234 cm³/mol. The quantitative estimate of drug-likeness (QED) is 0.0888. The molecule has 336 valence electrons. The topological polar surface area (TPSA) is 414 Å². The van der Waals surface area contributed by atoms with E-state index in [9.17, 15) is 41.6 Å². The molecule has 0 saturated carbocycles. The van der Waals surface area contributed by atoms with E-state index in [-0.39, 0.29) is 100 Å². The summed E-state index contributed by atoms with van der Waals surface area (Å²) in [7, 11) is -8.98. The molecule has 0 radical (unpaired) electrons. The number of rotatable bonds is 10. The van der Waals surface area contributed by atoms with E-state index in [0.717, 1.165) is 32.0 Å². The first-order valence-corrected chi connectivity index (χ1v) is 23.0. The number of aromatic hydroxyl groups is 1. The van der Waals surface area contributed by atoms with Gasteiger partial charge in [0.25, 0.3) is 32.1 Å². The third-order valence-electron chi connectivity index (χ3n) is 9.55. The van der Waals surface area contributed by atoms with Gasteiger partial charge >= 0.3 is 6.01 Å². The van der Waals surface area contributed by atoms with Crippen molar-refractivity contribution >= 4 is 98.0 Å². The highest BCUT2D eigenvalue weighted by molar-refractivity contribution is 7.86. The molecule has 28 nitrogen and oxygen atoms in total. The zero-order valence-electron chi connectivity index (χ0n) is 34.2. The SMILES string of the molecule is Cc1nn(-c2nc3ccc(S(=O)(=O)O)cc3s2)c(N=Nc2c(C)nn(-c3nc(O)nc(-n4nc(C)c(N=Nc5c(C#N)c(C)nn5-c5nc6ccc(S(=O)(=O)O)cc6s5)c4N)n3)c2N)c1C#N. The third-order valence-corrected chi connectivity index (χ3v) is 13.2. The fourth-order valence-corrected chi connectivity index (χ4v) is 9.46. The first-order chi connectivity index (χ1) is 31.7. The summed E-state index contributed by atoms with van der Waals surface area (Å²) in [6, 6.07) is 11.0. The van der Waals surface area contributed by atoms with Gasteiger partial charge < -0.3 is 16.6 Å². The van der Waals surface area contributed by atoms with Crippen LogP contribution in [0.5, 0.6) is 6.01 Å². The summed E-state index contributed by atoms with van der Waals surface area (Å²) in [6.07, 6.45) is 0. The highest BCUT2D eigenvalue weighted by Crippen LogP contribution is 2.37. The van der Waals surface area contributed by atoms with Crippen molar-refractivity contribution in [1.29, 1.82) is 10.5 Å². The third kappa shape index (κ3) is 7.71. The molecule has 9 rings (SSSR count). The number of hydrogen-bond acceptors (Lipinski definition) is 24. The zero-order valence-corrected chi connectivity index (χ0v) is 37.5. The maximum absolute atomic E-state index is 11.7. The van der Waals surface area contributed by atoms with E-state index in [1.165, 1.54) is 45.8 Å². The van der Waals surface area contributed by atoms with Crippen molar-refractivity contribution < 1.29 is 31.0 Å². The Morgan fingerprint density at radius 2 is 0.970 bits per heavy atom. The van der Waals surface area contributed by atoms with Crippen LogP contribution in [0, 0.1) is 50.4 Å². The Morgan fingerprint density at radius 3 is 1.34 bits per heavy atom. The lowest BCUT2D eigenvalue weighted by Gasteiger charge is -2.06. The van der Waals surface area contributed by atoms with Crippen LogP contribution in [0.4, 0.5) is 34.6 Å². The Hall–Kier alpha value is -8.53. The Kier molecular flexibility index (Phi) is 10.4. The fraction of sp³-hybridized carbons (Fsp3) is 0.114. The molecule has 0 aliphatic carbocycles. The van der Waals surface area contributed by atoms with Crippen LogP contribution >= 0.6 is 22.7 Å². The minimum absolute atomic E-state index is 0.00917. The second-order valence-corrected chi connectivity index (χ2v) is 18.8. The van der Waals surface area contributed by atoms with Crippen LogP contribution in [-0.4, -0.2) is 95.1 Å². The molecule has 0 fully saturated rings. The lowest BCUT2D eigenvalue weighted by molar-refractivity contribution is 0.423. The number of nitriles is 2. The second kappa shape index (κ2) is 15.9. The summed E-state index contributed by atoms with van der Waals surface area (Å²) in [4.78, 5) is 20.6. The van der Waals surface area contributed by atoms with Gasteiger partial charge in [-0.15, -0.1) is 20.5 Å². The van der Waals surface area contributed by atoms with Gasteiger partial charge in [0.1, 0.15) is 23.3 Å². The van der Waals surface area contributed by atoms with E-state index in [1.807, 2.05) is 12.1 Å². The molecule has 7 N–H and O–H groups in total. The van der Waals surface area contributed by atoms with E-state index in [2.05, 4.69) is 65.8 Å². The van der Waals surface area contributed by atoms with Crippen molar-refractivity contribution in [1.82, 2.24) is 64.0 Å². The van der Waals surface area contributed by atoms with Gasteiger partial charge in [-0.2, -0.15) is 81.4 Å². The molecule has 0 aliphatic heterocycles. The first-order valence-electron chi connectivity index (χ1n) is 18.5. The average molecular weight is 980 g/mol. The van der Waals surface area contributed by atoms with Gasteiger partial charge in [0.05, 0.1) is 53.0 Å². The van der Waals surface area contributed by atoms with Gasteiger partial charge in [-0.3, -0.25) is 9.11 Å². The number of nitrogens with zero attached hydrogens (tertiary/aromatic N) is 19. The minimum Gasteiger partial charge on any atom is -0.479 e. The average Bonchev–Trinajstić information content (AvgIpc) is 4.11. The molecule has 9 aromatic rings. The summed E-state index contributed by atoms with van der Waals surface area (Å²) in [5.74, 6) is -1.04. The van der Waals surface area contributed by atoms with E-state index < -0.39 is 26.2 Å². The van der Waals surface area contributed by atoms with Crippen LogP contribution < -0.4 is 11.5 Å². The van der Waals surface area contributed by atoms with E-state index >= 15 is 0 Å². The van der Waals surface area contributed by atoms with Gasteiger partial charge in [-0.25, -0.2) is 9.97 Å². The lowest BCUT2D eigenvalue weighted by Crippen LogP contribution is -2.13. The Labute approximate surface area is 382 Å². The zero-order chi connectivity index (χ0) is 47.9. The smallest absolute Gasteiger partial charge is 0.320 e. The molecule has 0 spiro atoms. The maximum atomic E-state index is 11.7. The summed E-state index contributed by atoms with van der Waals surface area (Å²) >= 11 is 2.03. The highest BCUT2D eigenvalue weighted by Gasteiger charge is 2.25. The summed E-state index contributed by atoms with van der Waals surface area (Å²) in [5, 5.41) is 65.8. The number of nitrogen functional groups attached to an aromatic ring is 2. The van der Waals surface area contributed by atoms with Crippen LogP contribution in [0.3, 0.4) is 0 Å². The number of azo groups is 2. The molecule has 0 bridgehead atoms. The van der Waals surface area contributed by atoms with E-state index in [1.54, 1.807) is 27.7 Å². The molecule has 0 aliphatic rings. The number of fused-ring (bicyclic) bond motifs is 2. The van der Waals surface area contributed by atoms with Crippen molar-refractivity contribution in [2.24, 2.45) is 20.5 Å². The Bertz CT molecular complexity index is 3710. The fourth-order valence-electron chi connectivity index (χ4n) is 6.38. The van der Waals surface area contributed by atoms with E-state index in [0.29, 0.717) is 20.4 Å². The largest absolute Gasteiger partial charge is 0.479 e. The van der Waals surface area contributed by atoms with Crippen molar-refractivity contribution in [3.63, 3.8) is 0 Å². The molecule has 0 amide bonds. The van der Waals surface area contributed by atoms with E-state index in [4.69, 9.17) is 11.5 Å². The minimum atomic E-state index is -4.49. The number of aromatic nitrogens is 13. The molecule has 0 saturated heterocycles. The number of aryl methyl sites for hydroxylation is 4. The molecule has 2 aromatic carbocycles. The lowest BCUT2D eigenvalue weighted by atomic mass is 10.3. The summed E-state index contributed by atoms with van der Waals surface area (Å²) in [5.41, 5.74) is 14.8. The standard InChI is InChI=1S/C35H25N21O7S4/c1-13-19(11-36)29(55(49-13)34-40-21-7-5-17(66(58,59)60)9-23(21)64-34)47-45-25-15(3)51-53(27(25)38)31-42-32(44-33(57)43-31)54-28(39)26(16(4)52-54)46-48-30-20(12-37)14(2)50-56(30)35-41-22-8-6-18(67(61,62)63)10-24(22)65-35/h5-10H,38-39H2,1-4H3,(H,58,59,60)(H,61,62,63)(H,42,43,44,57). The first kappa shape index (κ1) is 43.7. The maximum Gasteiger partial charge on any atom is 0.320 e. The molecular weight excluding hydrogens is 955 g/mol. The number of thiazole rings is 2.